The minimum Gasteiger partial charge on any atom is -0.396 e. The second kappa shape index (κ2) is 6.54. The molecule has 5 heteroatoms. The van der Waals surface area contributed by atoms with Crippen molar-refractivity contribution in [2.45, 2.75) is 20.4 Å². The topological polar surface area (TPSA) is 67.2 Å². The van der Waals surface area contributed by atoms with Gasteiger partial charge in [0.2, 0.25) is 0 Å². The van der Waals surface area contributed by atoms with Gasteiger partial charge in [0.1, 0.15) is 0 Å². The van der Waals surface area contributed by atoms with E-state index in [1.54, 1.807) is 18.3 Å². The Morgan fingerprint density at radius 1 is 1.33 bits per heavy atom. The third kappa shape index (κ3) is 4.43. The Morgan fingerprint density at radius 2 is 2.05 bits per heavy atom. The van der Waals surface area contributed by atoms with Crippen LogP contribution in [0.4, 0.5) is 0 Å². The van der Waals surface area contributed by atoms with Crippen LogP contribution in [0.1, 0.15) is 29.8 Å². The minimum absolute atomic E-state index is 0.0378. The maximum Gasteiger partial charge on any atom is 0.251 e. The van der Waals surface area contributed by atoms with Crippen LogP contribution in [0.25, 0.3) is 0 Å². The van der Waals surface area contributed by atoms with Gasteiger partial charge in [-0.15, -0.1) is 0 Å². The summed E-state index contributed by atoms with van der Waals surface area (Å²) in [5.74, 6) is -0.123. The summed E-state index contributed by atoms with van der Waals surface area (Å²) in [5.41, 5.74) is 1.40. The molecule has 5 nitrogen and oxygen atoms in total. The maximum absolute atomic E-state index is 12.0. The number of hydrogen-bond acceptors (Lipinski definition) is 3. The first-order valence-corrected chi connectivity index (χ1v) is 6.96. The summed E-state index contributed by atoms with van der Waals surface area (Å²) < 4.78 is 1.83. The molecule has 2 aromatic rings. The van der Waals surface area contributed by atoms with Crippen molar-refractivity contribution in [1.82, 2.24) is 15.1 Å². The molecule has 2 N–H and O–H groups in total. The van der Waals surface area contributed by atoms with Crippen molar-refractivity contribution < 1.29 is 9.90 Å². The van der Waals surface area contributed by atoms with Crippen LogP contribution in [0.5, 0.6) is 0 Å². The molecule has 0 saturated carbocycles. The molecule has 1 aromatic heterocycles. The van der Waals surface area contributed by atoms with Crippen LogP contribution < -0.4 is 5.32 Å². The number of aliphatic hydroxyl groups excluding tert-OH is 1. The van der Waals surface area contributed by atoms with E-state index in [0.29, 0.717) is 18.7 Å². The number of nitrogens with one attached hydrogen (secondary N) is 1. The summed E-state index contributed by atoms with van der Waals surface area (Å²) in [5, 5.41) is 16.2. The van der Waals surface area contributed by atoms with Gasteiger partial charge in [-0.25, -0.2) is 0 Å². The molecular weight excluding hydrogens is 266 g/mol. The Bertz CT molecular complexity index is 574. The number of rotatable bonds is 6. The molecule has 0 aliphatic rings. The SMILES string of the molecule is CC(C)(CO)CNC(=O)c1ccc(Cn2cccn2)cc1. The molecule has 0 saturated heterocycles. The molecule has 1 heterocycles. The van der Waals surface area contributed by atoms with Crippen molar-refractivity contribution >= 4 is 5.91 Å². The normalized spacial score (nSPS) is 11.4. The molecule has 0 bridgehead atoms. The quantitative estimate of drug-likeness (QED) is 0.849. The smallest absolute Gasteiger partial charge is 0.251 e. The third-order valence-electron chi connectivity index (χ3n) is 3.28. The first-order valence-electron chi connectivity index (χ1n) is 6.96. The van der Waals surface area contributed by atoms with Gasteiger partial charge in [-0.3, -0.25) is 9.48 Å². The number of hydrogen-bond donors (Lipinski definition) is 2. The van der Waals surface area contributed by atoms with Crippen LogP contribution in [0, 0.1) is 5.41 Å². The van der Waals surface area contributed by atoms with E-state index in [1.165, 1.54) is 0 Å². The van der Waals surface area contributed by atoms with Crippen LogP contribution in [0.3, 0.4) is 0 Å². The zero-order valence-electron chi connectivity index (χ0n) is 12.4. The van der Waals surface area contributed by atoms with Gasteiger partial charge < -0.3 is 10.4 Å². The Balaban J connectivity index is 1.93. The van der Waals surface area contributed by atoms with Crippen LogP contribution >= 0.6 is 0 Å². The Morgan fingerprint density at radius 3 is 2.62 bits per heavy atom. The van der Waals surface area contributed by atoms with Crippen LogP contribution in [0.2, 0.25) is 0 Å². The van der Waals surface area contributed by atoms with E-state index in [9.17, 15) is 9.90 Å². The van der Waals surface area contributed by atoms with Gasteiger partial charge in [-0.2, -0.15) is 5.10 Å². The van der Waals surface area contributed by atoms with E-state index in [1.807, 2.05) is 42.9 Å². The molecule has 0 aliphatic carbocycles. The molecular formula is C16H21N3O2. The number of carbonyl (C=O) groups excluding carboxylic acids is 1. The summed E-state index contributed by atoms with van der Waals surface area (Å²) in [6.45, 7) is 4.97. The summed E-state index contributed by atoms with van der Waals surface area (Å²) in [4.78, 5) is 12.0. The number of aliphatic hydroxyl groups is 1. The van der Waals surface area contributed by atoms with E-state index < -0.39 is 0 Å². The monoisotopic (exact) mass is 287 g/mol. The second-order valence-electron chi connectivity index (χ2n) is 5.91. The number of amides is 1. The lowest BCUT2D eigenvalue weighted by molar-refractivity contribution is 0.0911. The van der Waals surface area contributed by atoms with E-state index in [0.717, 1.165) is 5.56 Å². The van der Waals surface area contributed by atoms with Crippen LogP contribution in [-0.2, 0) is 6.54 Å². The van der Waals surface area contributed by atoms with E-state index in [2.05, 4.69) is 10.4 Å². The molecule has 0 fully saturated rings. The van der Waals surface area contributed by atoms with Gasteiger partial charge in [0.25, 0.3) is 5.91 Å². The van der Waals surface area contributed by atoms with Gasteiger partial charge in [0, 0.05) is 36.5 Å². The number of carbonyl (C=O) groups is 1. The molecule has 0 radical (unpaired) electrons. The van der Waals surface area contributed by atoms with Crippen molar-refractivity contribution in [1.29, 1.82) is 0 Å². The van der Waals surface area contributed by atoms with Crippen molar-refractivity contribution in [3.63, 3.8) is 0 Å². The zero-order valence-corrected chi connectivity index (χ0v) is 12.4. The lowest BCUT2D eigenvalue weighted by Crippen LogP contribution is -2.36. The molecule has 0 unspecified atom stereocenters. The molecule has 112 valence electrons. The van der Waals surface area contributed by atoms with Gasteiger partial charge in [-0.05, 0) is 23.8 Å². The van der Waals surface area contributed by atoms with E-state index in [4.69, 9.17) is 0 Å². The van der Waals surface area contributed by atoms with Gasteiger partial charge in [0.15, 0.2) is 0 Å². The highest BCUT2D eigenvalue weighted by Gasteiger charge is 2.17. The Labute approximate surface area is 124 Å². The first-order chi connectivity index (χ1) is 10.00. The average molecular weight is 287 g/mol. The summed E-state index contributed by atoms with van der Waals surface area (Å²) in [6, 6.07) is 9.34. The minimum atomic E-state index is -0.310. The fraction of sp³-hybridized carbons (Fsp3) is 0.375. The molecule has 1 amide bonds. The molecule has 0 atom stereocenters. The van der Waals surface area contributed by atoms with Gasteiger partial charge in [-0.1, -0.05) is 26.0 Å². The van der Waals surface area contributed by atoms with Crippen molar-refractivity contribution in [2.24, 2.45) is 5.41 Å². The molecule has 21 heavy (non-hydrogen) atoms. The van der Waals surface area contributed by atoms with Gasteiger partial charge >= 0.3 is 0 Å². The predicted molar refractivity (Wildman–Crippen MR) is 81.0 cm³/mol. The molecule has 0 spiro atoms. The van der Waals surface area contributed by atoms with Crippen molar-refractivity contribution in [2.75, 3.05) is 13.2 Å². The summed E-state index contributed by atoms with van der Waals surface area (Å²) in [6.07, 6.45) is 3.64. The molecule has 1 aromatic carbocycles. The lowest BCUT2D eigenvalue weighted by atomic mass is 9.95. The molecule has 0 aliphatic heterocycles. The average Bonchev–Trinajstić information content (AvgIpc) is 2.98. The number of aromatic nitrogens is 2. The Hall–Kier alpha value is -2.14. The molecule has 2 rings (SSSR count). The van der Waals surface area contributed by atoms with Crippen LogP contribution in [0.15, 0.2) is 42.7 Å². The van der Waals surface area contributed by atoms with Crippen molar-refractivity contribution in [3.8, 4) is 0 Å². The standard InChI is InChI=1S/C16H21N3O2/c1-16(2,12-20)11-17-15(21)14-6-4-13(5-7-14)10-19-9-3-8-18-19/h3-9,20H,10-12H2,1-2H3,(H,17,21). The number of nitrogens with zero attached hydrogens (tertiary/aromatic N) is 2. The fourth-order valence-electron chi connectivity index (χ4n) is 1.82. The largest absolute Gasteiger partial charge is 0.396 e. The van der Waals surface area contributed by atoms with Crippen molar-refractivity contribution in [3.05, 3.63) is 53.9 Å². The summed E-state index contributed by atoms with van der Waals surface area (Å²) in [7, 11) is 0. The Kier molecular flexibility index (Phi) is 4.75. The highest BCUT2D eigenvalue weighted by atomic mass is 16.3. The lowest BCUT2D eigenvalue weighted by Gasteiger charge is -2.21. The second-order valence-corrected chi connectivity index (χ2v) is 5.91. The fourth-order valence-corrected chi connectivity index (χ4v) is 1.82. The van der Waals surface area contributed by atoms with E-state index in [-0.39, 0.29) is 17.9 Å². The van der Waals surface area contributed by atoms with Gasteiger partial charge in [0.05, 0.1) is 6.54 Å². The van der Waals surface area contributed by atoms with E-state index >= 15 is 0 Å². The third-order valence-corrected chi connectivity index (χ3v) is 3.28. The maximum atomic E-state index is 12.0. The predicted octanol–water partition coefficient (Wildman–Crippen LogP) is 1.68. The highest BCUT2D eigenvalue weighted by Crippen LogP contribution is 2.12. The summed E-state index contributed by atoms with van der Waals surface area (Å²) >= 11 is 0. The van der Waals surface area contributed by atoms with Crippen LogP contribution in [-0.4, -0.2) is 33.9 Å². The zero-order chi connectivity index (χ0) is 15.3. The highest BCUT2D eigenvalue weighted by molar-refractivity contribution is 5.94. The number of benzene rings is 1. The first kappa shape index (κ1) is 15.3.